The molecule has 0 amide bonds. The average molecular weight is 251 g/mol. The van der Waals surface area contributed by atoms with Gasteiger partial charge in [-0.05, 0) is 26.2 Å². The molecule has 2 heterocycles. The molecule has 1 aromatic rings. The number of carboxylic acid groups (broad SMARTS) is 1. The number of carboxylic acids is 1. The molecule has 1 aliphatic heterocycles. The summed E-state index contributed by atoms with van der Waals surface area (Å²) in [7, 11) is 0. The first kappa shape index (κ1) is 12.6. The van der Waals surface area contributed by atoms with Gasteiger partial charge in [-0.1, -0.05) is 0 Å². The molecule has 0 saturated carbocycles. The number of aromatic nitrogens is 2. The molecule has 0 spiro atoms. The summed E-state index contributed by atoms with van der Waals surface area (Å²) in [6, 6.07) is 1.65. The van der Waals surface area contributed by atoms with E-state index >= 15 is 0 Å². The summed E-state index contributed by atoms with van der Waals surface area (Å²) in [6.45, 7) is 3.36. The summed E-state index contributed by atoms with van der Waals surface area (Å²) in [5.74, 6) is -0.0497. The molecule has 2 rings (SSSR count). The second kappa shape index (κ2) is 5.66. The fraction of sp³-hybridized carbons (Fsp3) is 0.583. The summed E-state index contributed by atoms with van der Waals surface area (Å²) in [5.41, 5.74) is 0.783. The summed E-state index contributed by atoms with van der Waals surface area (Å²) < 4.78 is 5.10. The Kier molecular flexibility index (Phi) is 3.96. The van der Waals surface area contributed by atoms with E-state index in [1.807, 2.05) is 6.92 Å². The van der Waals surface area contributed by atoms with Gasteiger partial charge in [0.1, 0.15) is 0 Å². The Bertz CT molecular complexity index is 431. The van der Waals surface area contributed by atoms with Gasteiger partial charge in [0.2, 0.25) is 11.8 Å². The number of hydrogen-bond donors (Lipinski definition) is 1. The smallest absolute Gasteiger partial charge is 0.341 e. The van der Waals surface area contributed by atoms with Crippen LogP contribution < -0.4 is 9.64 Å². The van der Waals surface area contributed by atoms with Gasteiger partial charge in [-0.3, -0.25) is 0 Å². The summed E-state index contributed by atoms with van der Waals surface area (Å²) in [5, 5.41) is 8.58. The lowest BCUT2D eigenvalue weighted by molar-refractivity contribution is -0.139. The predicted octanol–water partition coefficient (Wildman–Crippen LogP) is 1.24. The van der Waals surface area contributed by atoms with Gasteiger partial charge in [0.05, 0.1) is 0 Å². The highest BCUT2D eigenvalue weighted by Gasteiger charge is 2.15. The Labute approximate surface area is 106 Å². The fourth-order valence-electron chi connectivity index (χ4n) is 1.97. The van der Waals surface area contributed by atoms with E-state index in [0.717, 1.165) is 31.6 Å². The number of aliphatic carboxylic acids is 1. The standard InChI is InChI=1S/C12H17N3O3/c1-9-7-10(18-8-11(16)17)14-12(13-9)15-5-3-2-4-6-15/h7H,2-6,8H2,1H3,(H,16,17). The van der Waals surface area contributed by atoms with Gasteiger partial charge in [-0.25, -0.2) is 9.78 Å². The predicted molar refractivity (Wildman–Crippen MR) is 66.0 cm³/mol. The Morgan fingerprint density at radius 1 is 1.39 bits per heavy atom. The number of rotatable bonds is 4. The lowest BCUT2D eigenvalue weighted by Crippen LogP contribution is -2.31. The minimum Gasteiger partial charge on any atom is -0.479 e. The van der Waals surface area contributed by atoms with Crippen LogP contribution in [0, 0.1) is 6.92 Å². The third kappa shape index (κ3) is 3.32. The second-order valence-corrected chi connectivity index (χ2v) is 4.38. The number of carbonyl (C=O) groups is 1. The van der Waals surface area contributed by atoms with E-state index < -0.39 is 5.97 Å². The first-order valence-electron chi connectivity index (χ1n) is 6.10. The molecule has 0 bridgehead atoms. The van der Waals surface area contributed by atoms with Crippen molar-refractivity contribution in [3.63, 3.8) is 0 Å². The number of nitrogens with zero attached hydrogens (tertiary/aromatic N) is 3. The van der Waals surface area contributed by atoms with Crippen LogP contribution >= 0.6 is 0 Å². The van der Waals surface area contributed by atoms with E-state index in [9.17, 15) is 4.79 Å². The maximum atomic E-state index is 10.5. The molecule has 0 atom stereocenters. The van der Waals surface area contributed by atoms with Crippen molar-refractivity contribution in [1.82, 2.24) is 9.97 Å². The Hall–Kier alpha value is -1.85. The molecular formula is C12H17N3O3. The van der Waals surface area contributed by atoms with Gasteiger partial charge in [-0.2, -0.15) is 4.98 Å². The Morgan fingerprint density at radius 3 is 2.78 bits per heavy atom. The zero-order chi connectivity index (χ0) is 13.0. The monoisotopic (exact) mass is 251 g/mol. The van der Waals surface area contributed by atoms with Crippen LogP contribution in [-0.2, 0) is 4.79 Å². The third-order valence-corrected chi connectivity index (χ3v) is 2.80. The molecule has 1 fully saturated rings. The van der Waals surface area contributed by atoms with Crippen molar-refractivity contribution in [1.29, 1.82) is 0 Å². The van der Waals surface area contributed by atoms with Crippen molar-refractivity contribution < 1.29 is 14.6 Å². The van der Waals surface area contributed by atoms with Crippen molar-refractivity contribution in [2.45, 2.75) is 26.2 Å². The van der Waals surface area contributed by atoms with Crippen molar-refractivity contribution in [2.24, 2.45) is 0 Å². The minimum absolute atomic E-state index is 0.325. The molecule has 18 heavy (non-hydrogen) atoms. The van der Waals surface area contributed by atoms with Crippen LogP contribution in [0.25, 0.3) is 0 Å². The van der Waals surface area contributed by atoms with Crippen LogP contribution in [0.2, 0.25) is 0 Å². The maximum absolute atomic E-state index is 10.5. The summed E-state index contributed by atoms with van der Waals surface area (Å²) in [6.07, 6.45) is 3.52. The number of anilines is 1. The number of piperidine rings is 1. The minimum atomic E-state index is -1.01. The number of ether oxygens (including phenoxy) is 1. The molecule has 0 aliphatic carbocycles. The quantitative estimate of drug-likeness (QED) is 0.867. The zero-order valence-corrected chi connectivity index (χ0v) is 10.4. The average Bonchev–Trinajstić information content (AvgIpc) is 2.37. The van der Waals surface area contributed by atoms with E-state index in [1.54, 1.807) is 6.07 Å². The van der Waals surface area contributed by atoms with Crippen LogP contribution in [0.3, 0.4) is 0 Å². The molecule has 1 saturated heterocycles. The fourth-order valence-corrected chi connectivity index (χ4v) is 1.97. The van der Waals surface area contributed by atoms with Gasteiger partial charge in [0.15, 0.2) is 6.61 Å². The second-order valence-electron chi connectivity index (χ2n) is 4.38. The van der Waals surface area contributed by atoms with Crippen LogP contribution in [-0.4, -0.2) is 40.7 Å². The molecule has 98 valence electrons. The zero-order valence-electron chi connectivity index (χ0n) is 10.4. The van der Waals surface area contributed by atoms with Crippen LogP contribution in [0.5, 0.6) is 5.88 Å². The highest BCUT2D eigenvalue weighted by atomic mass is 16.5. The highest BCUT2D eigenvalue weighted by molar-refractivity contribution is 5.68. The summed E-state index contributed by atoms with van der Waals surface area (Å²) in [4.78, 5) is 21.2. The molecule has 0 unspecified atom stereocenters. The van der Waals surface area contributed by atoms with Gasteiger partial charge in [0, 0.05) is 24.8 Å². The Morgan fingerprint density at radius 2 is 2.11 bits per heavy atom. The first-order valence-corrected chi connectivity index (χ1v) is 6.10. The van der Waals surface area contributed by atoms with E-state index in [1.165, 1.54) is 6.42 Å². The van der Waals surface area contributed by atoms with Crippen LogP contribution in [0.1, 0.15) is 25.0 Å². The van der Waals surface area contributed by atoms with Crippen LogP contribution in [0.15, 0.2) is 6.07 Å². The van der Waals surface area contributed by atoms with E-state index in [0.29, 0.717) is 11.8 Å². The largest absolute Gasteiger partial charge is 0.479 e. The first-order chi connectivity index (χ1) is 8.65. The molecule has 0 aromatic carbocycles. The van der Waals surface area contributed by atoms with Crippen molar-refractivity contribution in [2.75, 3.05) is 24.6 Å². The molecule has 6 heteroatoms. The molecule has 1 N–H and O–H groups in total. The third-order valence-electron chi connectivity index (χ3n) is 2.80. The number of hydrogen-bond acceptors (Lipinski definition) is 5. The molecule has 1 aromatic heterocycles. The molecule has 0 radical (unpaired) electrons. The Balaban J connectivity index is 2.12. The van der Waals surface area contributed by atoms with E-state index in [4.69, 9.17) is 9.84 Å². The van der Waals surface area contributed by atoms with E-state index in [-0.39, 0.29) is 6.61 Å². The molecule has 1 aliphatic rings. The van der Waals surface area contributed by atoms with Gasteiger partial charge in [-0.15, -0.1) is 0 Å². The SMILES string of the molecule is Cc1cc(OCC(=O)O)nc(N2CCCCC2)n1. The van der Waals surface area contributed by atoms with Crippen molar-refractivity contribution >= 4 is 11.9 Å². The molecular weight excluding hydrogens is 234 g/mol. The maximum Gasteiger partial charge on any atom is 0.341 e. The van der Waals surface area contributed by atoms with Gasteiger partial charge < -0.3 is 14.7 Å². The van der Waals surface area contributed by atoms with Crippen LogP contribution in [0.4, 0.5) is 5.95 Å². The van der Waals surface area contributed by atoms with E-state index in [2.05, 4.69) is 14.9 Å². The van der Waals surface area contributed by atoms with Crippen molar-refractivity contribution in [3.8, 4) is 5.88 Å². The summed E-state index contributed by atoms with van der Waals surface area (Å²) >= 11 is 0. The number of aryl methyl sites for hydroxylation is 1. The topological polar surface area (TPSA) is 75.6 Å². The van der Waals surface area contributed by atoms with Crippen molar-refractivity contribution in [3.05, 3.63) is 11.8 Å². The van der Waals surface area contributed by atoms with Gasteiger partial charge >= 0.3 is 5.97 Å². The lowest BCUT2D eigenvalue weighted by atomic mass is 10.1. The van der Waals surface area contributed by atoms with Gasteiger partial charge in [0.25, 0.3) is 0 Å². The normalized spacial score (nSPS) is 15.5. The molecule has 6 nitrogen and oxygen atoms in total. The highest BCUT2D eigenvalue weighted by Crippen LogP contribution is 2.19. The lowest BCUT2D eigenvalue weighted by Gasteiger charge is -2.26.